The van der Waals surface area contributed by atoms with Gasteiger partial charge in [-0.05, 0) is 0 Å². The molecule has 0 aromatic rings. The Hall–Kier alpha value is -0.113. The van der Waals surface area contributed by atoms with Crippen molar-refractivity contribution in [3.63, 3.8) is 0 Å². The summed E-state index contributed by atoms with van der Waals surface area (Å²) in [5, 5.41) is 0. The van der Waals surface area contributed by atoms with Gasteiger partial charge in [-0.25, -0.2) is 0 Å². The van der Waals surface area contributed by atoms with E-state index in [-0.39, 0.29) is 0 Å². The average Bonchev–Trinajstić information content (AvgIpc) is 2.14. The van der Waals surface area contributed by atoms with E-state index in [0.29, 0.717) is 32.8 Å². The van der Waals surface area contributed by atoms with Gasteiger partial charge in [-0.2, -0.15) is 13.2 Å². The second-order valence-electron chi connectivity index (χ2n) is 3.73. The van der Waals surface area contributed by atoms with Crippen LogP contribution in [0.1, 0.15) is 0 Å². The molecule has 0 atom stereocenters. The Labute approximate surface area is 90.7 Å². The molecule has 1 aliphatic heterocycles. The Bertz CT molecular complexity index is 183. The zero-order chi connectivity index (χ0) is 11.3. The molecule has 0 N–H and O–H groups in total. The lowest BCUT2D eigenvalue weighted by Gasteiger charge is -2.34. The van der Waals surface area contributed by atoms with E-state index < -0.39 is 12.7 Å². The van der Waals surface area contributed by atoms with Gasteiger partial charge in [-0.1, -0.05) is 0 Å². The minimum atomic E-state index is -4.07. The van der Waals surface area contributed by atoms with E-state index in [2.05, 4.69) is 4.90 Å². The summed E-state index contributed by atoms with van der Waals surface area (Å²) in [6.45, 7) is 3.18. The summed E-state index contributed by atoms with van der Waals surface area (Å²) in [6.07, 6.45) is -4.07. The van der Waals surface area contributed by atoms with Gasteiger partial charge in [0.15, 0.2) is 0 Å². The van der Waals surface area contributed by atoms with Crippen molar-refractivity contribution in [3.05, 3.63) is 0 Å². The molecule has 0 saturated carbocycles. The molecule has 0 spiro atoms. The molecule has 0 radical (unpaired) electrons. The van der Waals surface area contributed by atoms with Gasteiger partial charge in [-0.3, -0.25) is 9.80 Å². The molecule has 3 nitrogen and oxygen atoms in total. The Balaban J connectivity index is 2.18. The molecule has 90 valence electrons. The summed E-state index contributed by atoms with van der Waals surface area (Å²) in [5.74, 6) is 0. The molecule has 15 heavy (non-hydrogen) atoms. The lowest BCUT2D eigenvalue weighted by molar-refractivity contribution is -0.149. The van der Waals surface area contributed by atoms with E-state index in [1.165, 1.54) is 4.90 Å². The Kier molecular flexibility index (Phi) is 5.04. The van der Waals surface area contributed by atoms with Crippen LogP contribution in [0, 0.1) is 0 Å². The minimum Gasteiger partial charge on any atom is -0.427 e. The van der Waals surface area contributed by atoms with Gasteiger partial charge >= 0.3 is 6.18 Å². The smallest absolute Gasteiger partial charge is 0.401 e. The lowest BCUT2D eigenvalue weighted by atomic mass is 10.3. The Morgan fingerprint density at radius 2 is 1.60 bits per heavy atom. The Morgan fingerprint density at radius 1 is 1.07 bits per heavy atom. The predicted octanol–water partition coefficient (Wildman–Crippen LogP) is -0.537. The summed E-state index contributed by atoms with van der Waals surface area (Å²) >= 11 is 0. The van der Waals surface area contributed by atoms with Crippen molar-refractivity contribution in [2.24, 2.45) is 0 Å². The molecule has 0 aliphatic carbocycles. The fourth-order valence-corrected chi connectivity index (χ4v) is 1.83. The van der Waals surface area contributed by atoms with Crippen LogP contribution < -0.4 is 0 Å². The van der Waals surface area contributed by atoms with Gasteiger partial charge < -0.3 is 4.43 Å². The zero-order valence-electron chi connectivity index (χ0n) is 8.89. The van der Waals surface area contributed by atoms with E-state index in [1.807, 2.05) is 0 Å². The van der Waals surface area contributed by atoms with Crippen LogP contribution in [0.3, 0.4) is 0 Å². The predicted molar refractivity (Wildman–Crippen MR) is 54.8 cm³/mol. The third kappa shape index (κ3) is 5.50. The third-order valence-electron chi connectivity index (χ3n) is 2.48. The molecular formula is C8H17F3N2OSi. The van der Waals surface area contributed by atoms with Crippen LogP contribution in [0.15, 0.2) is 0 Å². The number of nitrogens with zero attached hydrogens (tertiary/aromatic N) is 2. The summed E-state index contributed by atoms with van der Waals surface area (Å²) in [5.41, 5.74) is 0. The van der Waals surface area contributed by atoms with Crippen molar-refractivity contribution >= 4 is 10.5 Å². The van der Waals surface area contributed by atoms with Gasteiger partial charge in [0.25, 0.3) is 0 Å². The highest BCUT2D eigenvalue weighted by Crippen LogP contribution is 2.17. The highest BCUT2D eigenvalue weighted by molar-refractivity contribution is 5.97. The first-order valence-corrected chi connectivity index (χ1v) is 5.83. The minimum absolute atomic E-state index is 0.501. The van der Waals surface area contributed by atoms with Crippen LogP contribution in [-0.2, 0) is 4.43 Å². The summed E-state index contributed by atoms with van der Waals surface area (Å²) in [7, 11) is 0.723. The fourth-order valence-electron chi connectivity index (χ4n) is 1.64. The molecule has 0 amide bonds. The van der Waals surface area contributed by atoms with Crippen LogP contribution in [0.2, 0.25) is 0 Å². The zero-order valence-corrected chi connectivity index (χ0v) is 10.9. The maximum atomic E-state index is 12.1. The normalized spacial score (nSPS) is 21.0. The molecule has 1 fully saturated rings. The van der Waals surface area contributed by atoms with Crippen molar-refractivity contribution in [2.45, 2.75) is 6.18 Å². The number of hydrogen-bond acceptors (Lipinski definition) is 3. The lowest BCUT2D eigenvalue weighted by Crippen LogP contribution is -2.49. The molecule has 0 bridgehead atoms. The quantitative estimate of drug-likeness (QED) is 0.616. The molecule has 1 aliphatic rings. The van der Waals surface area contributed by atoms with Crippen LogP contribution >= 0.6 is 0 Å². The first-order valence-electron chi connectivity index (χ1n) is 5.01. The standard InChI is InChI=1S/C8H17F3N2OSi/c9-8(10,11)7-13-3-1-12(2-4-13)5-6-14-15/h1-7H2,15H3. The SMILES string of the molecule is FC(F)(F)CN1CCN(CCO[SiH3])CC1. The average molecular weight is 242 g/mol. The third-order valence-corrected chi connectivity index (χ3v) is 2.89. The fraction of sp³-hybridized carbons (Fsp3) is 1.00. The van der Waals surface area contributed by atoms with Gasteiger partial charge in [-0.15, -0.1) is 0 Å². The summed E-state index contributed by atoms with van der Waals surface area (Å²) in [4.78, 5) is 3.60. The molecule has 1 saturated heterocycles. The molecule has 0 aromatic heterocycles. The van der Waals surface area contributed by atoms with Crippen molar-refractivity contribution in [3.8, 4) is 0 Å². The second-order valence-corrected chi connectivity index (χ2v) is 4.30. The maximum Gasteiger partial charge on any atom is 0.401 e. The van der Waals surface area contributed by atoms with E-state index >= 15 is 0 Å². The highest BCUT2D eigenvalue weighted by Gasteiger charge is 2.31. The number of hydrogen-bond donors (Lipinski definition) is 0. The van der Waals surface area contributed by atoms with Crippen LogP contribution in [-0.4, -0.2) is 72.3 Å². The van der Waals surface area contributed by atoms with Crippen molar-refractivity contribution < 1.29 is 17.6 Å². The van der Waals surface area contributed by atoms with Gasteiger partial charge in [0, 0.05) is 39.3 Å². The van der Waals surface area contributed by atoms with E-state index in [0.717, 1.165) is 17.0 Å². The van der Waals surface area contributed by atoms with Crippen molar-refractivity contribution in [1.82, 2.24) is 9.80 Å². The van der Waals surface area contributed by atoms with E-state index in [4.69, 9.17) is 4.43 Å². The molecule has 7 heteroatoms. The maximum absolute atomic E-state index is 12.1. The summed E-state index contributed by atoms with van der Waals surface area (Å²) < 4.78 is 41.3. The van der Waals surface area contributed by atoms with Crippen LogP contribution in [0.5, 0.6) is 0 Å². The topological polar surface area (TPSA) is 15.7 Å². The molecule has 0 aromatic carbocycles. The first-order chi connectivity index (χ1) is 7.01. The molecule has 1 heterocycles. The van der Waals surface area contributed by atoms with Crippen molar-refractivity contribution in [1.29, 1.82) is 0 Å². The second kappa shape index (κ2) is 5.83. The van der Waals surface area contributed by atoms with Gasteiger partial charge in [0.05, 0.1) is 6.54 Å². The number of piperazine rings is 1. The van der Waals surface area contributed by atoms with Crippen LogP contribution in [0.25, 0.3) is 0 Å². The van der Waals surface area contributed by atoms with Crippen LogP contribution in [0.4, 0.5) is 13.2 Å². The first kappa shape index (κ1) is 13.0. The molecule has 0 unspecified atom stereocenters. The van der Waals surface area contributed by atoms with E-state index in [1.54, 1.807) is 0 Å². The highest BCUT2D eigenvalue weighted by atomic mass is 28.2. The molecular weight excluding hydrogens is 225 g/mol. The monoisotopic (exact) mass is 242 g/mol. The van der Waals surface area contributed by atoms with E-state index in [9.17, 15) is 13.2 Å². The largest absolute Gasteiger partial charge is 0.427 e. The van der Waals surface area contributed by atoms with Crippen molar-refractivity contribution in [2.75, 3.05) is 45.9 Å². The number of halogens is 3. The number of rotatable bonds is 4. The Morgan fingerprint density at radius 3 is 2.07 bits per heavy atom. The number of alkyl halides is 3. The van der Waals surface area contributed by atoms with Gasteiger partial charge in [0.1, 0.15) is 10.5 Å². The van der Waals surface area contributed by atoms with Gasteiger partial charge in [0.2, 0.25) is 0 Å². The molecule has 1 rings (SSSR count). The summed E-state index contributed by atoms with van der Waals surface area (Å²) in [6, 6.07) is 0.